The Morgan fingerprint density at radius 3 is 2.87 bits per heavy atom. The minimum absolute atomic E-state index is 0.549. The van der Waals surface area contributed by atoms with Crippen LogP contribution in [0.4, 0.5) is 5.82 Å². The van der Waals surface area contributed by atoms with E-state index in [2.05, 4.69) is 20.5 Å². The second kappa shape index (κ2) is 4.05. The van der Waals surface area contributed by atoms with Crippen molar-refractivity contribution in [1.82, 2.24) is 19.7 Å². The van der Waals surface area contributed by atoms with Gasteiger partial charge in [0.15, 0.2) is 5.82 Å². The van der Waals surface area contributed by atoms with E-state index in [-0.39, 0.29) is 0 Å². The van der Waals surface area contributed by atoms with E-state index >= 15 is 0 Å². The summed E-state index contributed by atoms with van der Waals surface area (Å²) in [5.41, 5.74) is 4.13. The van der Waals surface area contributed by atoms with Crippen LogP contribution in [0, 0.1) is 0 Å². The molecular weight excluding hydrogens is 192 g/mol. The third-order valence-electron chi connectivity index (χ3n) is 2.09. The van der Waals surface area contributed by atoms with Crippen molar-refractivity contribution in [3.63, 3.8) is 0 Å². The van der Waals surface area contributed by atoms with Gasteiger partial charge in [0.25, 0.3) is 0 Å². The van der Waals surface area contributed by atoms with Crippen LogP contribution in [0.2, 0.25) is 0 Å². The van der Waals surface area contributed by atoms with E-state index in [9.17, 15) is 0 Å². The van der Waals surface area contributed by atoms with E-state index in [4.69, 9.17) is 5.84 Å². The fourth-order valence-corrected chi connectivity index (χ4v) is 1.42. The number of nitrogens with two attached hydrogens (primary N) is 1. The second-order valence-corrected chi connectivity index (χ2v) is 2.93. The van der Waals surface area contributed by atoms with Crippen LogP contribution in [0.15, 0.2) is 24.7 Å². The summed E-state index contributed by atoms with van der Waals surface area (Å²) in [5.74, 6) is 5.91. The maximum atomic E-state index is 5.37. The summed E-state index contributed by atoms with van der Waals surface area (Å²) < 4.78 is 1.84. The van der Waals surface area contributed by atoms with E-state index in [1.54, 1.807) is 18.6 Å². The summed E-state index contributed by atoms with van der Waals surface area (Å²) in [6, 6.07) is 1.88. The zero-order chi connectivity index (χ0) is 10.7. The molecule has 0 spiro atoms. The number of nitrogen functional groups attached to an aromatic ring is 1. The monoisotopic (exact) mass is 204 g/mol. The van der Waals surface area contributed by atoms with Gasteiger partial charge in [-0.2, -0.15) is 5.10 Å². The third-order valence-corrected chi connectivity index (χ3v) is 2.09. The molecule has 2 aromatic rings. The summed E-state index contributed by atoms with van der Waals surface area (Å²) in [5, 5.41) is 4.17. The maximum absolute atomic E-state index is 5.37. The van der Waals surface area contributed by atoms with E-state index in [1.165, 1.54) is 0 Å². The molecule has 78 valence electrons. The highest BCUT2D eigenvalue weighted by Gasteiger charge is 2.10. The van der Waals surface area contributed by atoms with Crippen molar-refractivity contribution < 1.29 is 0 Å². The van der Waals surface area contributed by atoms with Gasteiger partial charge in [0.05, 0.1) is 5.69 Å². The zero-order valence-corrected chi connectivity index (χ0v) is 8.38. The molecule has 2 rings (SSSR count). The highest BCUT2D eigenvalue weighted by molar-refractivity contribution is 5.67. The molecule has 0 saturated carbocycles. The first-order valence-electron chi connectivity index (χ1n) is 4.66. The van der Waals surface area contributed by atoms with Crippen LogP contribution in [-0.2, 0) is 6.54 Å². The van der Waals surface area contributed by atoms with E-state index in [1.807, 2.05) is 17.7 Å². The van der Waals surface area contributed by atoms with E-state index < -0.39 is 0 Å². The lowest BCUT2D eigenvalue weighted by Crippen LogP contribution is -2.11. The first-order valence-corrected chi connectivity index (χ1v) is 4.66. The molecule has 0 radical (unpaired) electrons. The Bertz CT molecular complexity index is 449. The Morgan fingerprint density at radius 1 is 1.33 bits per heavy atom. The van der Waals surface area contributed by atoms with Gasteiger partial charge in [-0.1, -0.05) is 0 Å². The molecule has 2 heterocycles. The Labute approximate surface area is 87.1 Å². The number of rotatable bonds is 3. The van der Waals surface area contributed by atoms with Crippen molar-refractivity contribution in [3.05, 3.63) is 24.7 Å². The SMILES string of the molecule is CCn1nccc1-c1nccnc1NN. The van der Waals surface area contributed by atoms with Crippen molar-refractivity contribution in [3.8, 4) is 11.4 Å². The van der Waals surface area contributed by atoms with Crippen LogP contribution in [-0.4, -0.2) is 19.7 Å². The quantitative estimate of drug-likeness (QED) is 0.566. The Balaban J connectivity index is 2.53. The van der Waals surface area contributed by atoms with Gasteiger partial charge in [-0.05, 0) is 13.0 Å². The van der Waals surface area contributed by atoms with Crippen LogP contribution in [0.25, 0.3) is 11.4 Å². The summed E-state index contributed by atoms with van der Waals surface area (Å²) in [6.07, 6.45) is 4.95. The Hall–Kier alpha value is -1.95. The van der Waals surface area contributed by atoms with Gasteiger partial charge >= 0.3 is 0 Å². The minimum atomic E-state index is 0.549. The number of anilines is 1. The standard InChI is InChI=1S/C9H12N6/c1-2-15-7(3-4-13-15)8-9(14-10)12-6-5-11-8/h3-6H,2,10H2,1H3,(H,12,14). The van der Waals surface area contributed by atoms with Gasteiger partial charge in [0, 0.05) is 25.1 Å². The number of hydrogen-bond donors (Lipinski definition) is 2. The van der Waals surface area contributed by atoms with Crippen LogP contribution < -0.4 is 11.3 Å². The lowest BCUT2D eigenvalue weighted by atomic mass is 10.3. The average Bonchev–Trinajstić information content (AvgIpc) is 2.76. The predicted octanol–water partition coefficient (Wildman–Crippen LogP) is 0.646. The van der Waals surface area contributed by atoms with Crippen molar-refractivity contribution in [2.24, 2.45) is 5.84 Å². The topological polar surface area (TPSA) is 81.7 Å². The largest absolute Gasteiger partial charge is 0.307 e. The van der Waals surface area contributed by atoms with E-state index in [0.29, 0.717) is 11.5 Å². The van der Waals surface area contributed by atoms with Crippen LogP contribution in [0.1, 0.15) is 6.92 Å². The van der Waals surface area contributed by atoms with Crippen molar-refractivity contribution >= 4 is 5.82 Å². The molecule has 0 saturated heterocycles. The van der Waals surface area contributed by atoms with Crippen LogP contribution >= 0.6 is 0 Å². The maximum Gasteiger partial charge on any atom is 0.168 e. The van der Waals surface area contributed by atoms with Crippen molar-refractivity contribution in [2.75, 3.05) is 5.43 Å². The normalized spacial score (nSPS) is 10.3. The first-order chi connectivity index (χ1) is 7.36. The number of hydrogen-bond acceptors (Lipinski definition) is 5. The molecule has 0 aliphatic carbocycles. The molecule has 0 atom stereocenters. The van der Waals surface area contributed by atoms with Crippen LogP contribution in [0.3, 0.4) is 0 Å². The van der Waals surface area contributed by atoms with Crippen molar-refractivity contribution in [1.29, 1.82) is 0 Å². The molecule has 0 amide bonds. The predicted molar refractivity (Wildman–Crippen MR) is 56.7 cm³/mol. The Kier molecular flexibility index (Phi) is 2.59. The number of aromatic nitrogens is 4. The van der Waals surface area contributed by atoms with Gasteiger partial charge in [0.2, 0.25) is 0 Å². The fourth-order valence-electron chi connectivity index (χ4n) is 1.42. The van der Waals surface area contributed by atoms with Crippen LogP contribution in [0.5, 0.6) is 0 Å². The number of nitrogens with zero attached hydrogens (tertiary/aromatic N) is 4. The average molecular weight is 204 g/mol. The summed E-state index contributed by atoms with van der Waals surface area (Å²) in [6.45, 7) is 2.80. The van der Waals surface area contributed by atoms with Gasteiger partial charge in [-0.25, -0.2) is 15.8 Å². The molecular formula is C9H12N6. The van der Waals surface area contributed by atoms with Gasteiger partial charge < -0.3 is 5.43 Å². The van der Waals surface area contributed by atoms with E-state index in [0.717, 1.165) is 12.2 Å². The molecule has 0 fully saturated rings. The number of aryl methyl sites for hydroxylation is 1. The molecule has 0 aromatic carbocycles. The lowest BCUT2D eigenvalue weighted by Gasteiger charge is -2.07. The van der Waals surface area contributed by atoms with Gasteiger partial charge in [-0.15, -0.1) is 0 Å². The van der Waals surface area contributed by atoms with Crippen molar-refractivity contribution in [2.45, 2.75) is 13.5 Å². The minimum Gasteiger partial charge on any atom is -0.307 e. The molecule has 15 heavy (non-hydrogen) atoms. The molecule has 6 nitrogen and oxygen atoms in total. The highest BCUT2D eigenvalue weighted by Crippen LogP contribution is 2.21. The molecule has 0 unspecified atom stereocenters. The Morgan fingerprint density at radius 2 is 2.13 bits per heavy atom. The zero-order valence-electron chi connectivity index (χ0n) is 8.38. The second-order valence-electron chi connectivity index (χ2n) is 2.93. The van der Waals surface area contributed by atoms with Gasteiger partial charge in [-0.3, -0.25) is 4.68 Å². The summed E-state index contributed by atoms with van der Waals surface area (Å²) >= 11 is 0. The third kappa shape index (κ3) is 1.66. The lowest BCUT2D eigenvalue weighted by molar-refractivity contribution is 0.665. The molecule has 3 N–H and O–H groups in total. The molecule has 6 heteroatoms. The summed E-state index contributed by atoms with van der Waals surface area (Å²) in [7, 11) is 0. The molecule has 0 aliphatic heterocycles. The van der Waals surface area contributed by atoms with Gasteiger partial charge in [0.1, 0.15) is 5.69 Å². The molecule has 0 aliphatic rings. The smallest absolute Gasteiger partial charge is 0.168 e. The highest BCUT2D eigenvalue weighted by atomic mass is 15.3. The number of hydrazine groups is 1. The summed E-state index contributed by atoms with van der Waals surface area (Å²) in [4.78, 5) is 8.32. The fraction of sp³-hybridized carbons (Fsp3) is 0.222. The molecule has 2 aromatic heterocycles. The molecule has 0 bridgehead atoms. The number of nitrogens with one attached hydrogen (secondary N) is 1. The first kappa shape index (κ1) is 9.60.